The third-order valence-electron chi connectivity index (χ3n) is 12.4. The van der Waals surface area contributed by atoms with Crippen molar-refractivity contribution in [2.45, 2.75) is 73.9 Å². The van der Waals surface area contributed by atoms with E-state index in [-0.39, 0.29) is 35.8 Å². The monoisotopic (exact) mass is 601 g/mol. The first-order chi connectivity index (χ1) is 20.6. The van der Waals surface area contributed by atoms with Crippen molar-refractivity contribution in [2.75, 3.05) is 41.6 Å². The van der Waals surface area contributed by atoms with Gasteiger partial charge in [0.05, 0.1) is 24.4 Å². The standard InChI is InChI=1S/C32H43NO10/c1-16(34)43-32-20-18(13-30(37,27(41-5)25(32)35)26(20)42-28(36)17-9-7-6-8-10-17)31-19(39-3)11-12-29(15-38-2)14-33-24(31)21(32)22(40-4)23(29)31/h6-10,18-27,33,35,37H,11-15H2,1-5H3/t18-,19+,20-,21+,22+,23-,24-,25+,26-,27+,29+,30-,31+,32-/m1/s1. The lowest BCUT2D eigenvalue weighted by molar-refractivity contribution is -0.308. The number of carbonyl (C=O) groups excluding carboxylic acids is 2. The zero-order valence-electron chi connectivity index (χ0n) is 25.4. The van der Waals surface area contributed by atoms with Crippen molar-refractivity contribution in [3.8, 4) is 0 Å². The van der Waals surface area contributed by atoms with Crippen molar-refractivity contribution in [2.24, 2.45) is 34.5 Å². The van der Waals surface area contributed by atoms with E-state index in [1.54, 1.807) is 51.7 Å². The van der Waals surface area contributed by atoms with Gasteiger partial charge in [-0.05, 0) is 37.3 Å². The third kappa shape index (κ3) is 3.39. The Morgan fingerprint density at radius 2 is 1.77 bits per heavy atom. The van der Waals surface area contributed by atoms with Gasteiger partial charge in [0, 0.05) is 76.5 Å². The van der Waals surface area contributed by atoms with Crippen molar-refractivity contribution < 1.29 is 48.2 Å². The molecule has 43 heavy (non-hydrogen) atoms. The molecule has 6 fully saturated rings. The third-order valence-corrected chi connectivity index (χ3v) is 12.4. The van der Waals surface area contributed by atoms with Gasteiger partial charge in [0.25, 0.3) is 0 Å². The van der Waals surface area contributed by atoms with Crippen molar-refractivity contribution in [3.63, 3.8) is 0 Å². The largest absolute Gasteiger partial charge is 0.455 e. The molecule has 0 radical (unpaired) electrons. The van der Waals surface area contributed by atoms with E-state index >= 15 is 0 Å². The highest BCUT2D eigenvalue weighted by Gasteiger charge is 2.91. The minimum Gasteiger partial charge on any atom is -0.455 e. The molecular formula is C32H43NO10. The number of aliphatic hydroxyl groups excluding tert-OH is 1. The Hall–Kier alpha value is -2.12. The maximum absolute atomic E-state index is 13.6. The lowest BCUT2D eigenvalue weighted by Crippen LogP contribution is -2.80. The smallest absolute Gasteiger partial charge is 0.338 e. The summed E-state index contributed by atoms with van der Waals surface area (Å²) in [6, 6.07) is 8.32. The fourth-order valence-corrected chi connectivity index (χ4v) is 11.7. The normalized spacial score (nSPS) is 50.3. The minimum absolute atomic E-state index is 0.107. The molecule has 0 amide bonds. The van der Waals surface area contributed by atoms with Crippen LogP contribution in [-0.2, 0) is 33.2 Å². The summed E-state index contributed by atoms with van der Waals surface area (Å²) in [6.07, 6.45) is -2.69. The van der Waals surface area contributed by atoms with E-state index < -0.39 is 64.8 Å². The van der Waals surface area contributed by atoms with Crippen LogP contribution in [0.5, 0.6) is 0 Å². The second kappa shape index (κ2) is 9.94. The topological polar surface area (TPSA) is 142 Å². The average molecular weight is 602 g/mol. The zero-order chi connectivity index (χ0) is 30.5. The van der Waals surface area contributed by atoms with Crippen molar-refractivity contribution >= 4 is 11.9 Å². The number of carbonyl (C=O) groups is 2. The van der Waals surface area contributed by atoms with E-state index in [1.165, 1.54) is 14.0 Å². The number of ether oxygens (including phenoxy) is 6. The number of aliphatic hydroxyl groups is 2. The summed E-state index contributed by atoms with van der Waals surface area (Å²) in [4.78, 5) is 26.7. The molecule has 3 N–H and O–H groups in total. The molecule has 5 saturated carbocycles. The van der Waals surface area contributed by atoms with Gasteiger partial charge in [0.2, 0.25) is 0 Å². The Morgan fingerprint density at radius 1 is 1.02 bits per heavy atom. The number of fused-ring (bicyclic) bond motifs is 2. The Morgan fingerprint density at radius 3 is 2.40 bits per heavy atom. The van der Waals surface area contributed by atoms with Gasteiger partial charge in [-0.3, -0.25) is 4.79 Å². The maximum Gasteiger partial charge on any atom is 0.338 e. The van der Waals surface area contributed by atoms with Gasteiger partial charge in [0.1, 0.15) is 23.9 Å². The fraction of sp³-hybridized carbons (Fsp3) is 0.750. The summed E-state index contributed by atoms with van der Waals surface area (Å²) in [5.74, 6) is -3.00. The molecule has 14 atom stereocenters. The Kier molecular flexibility index (Phi) is 6.84. The van der Waals surface area contributed by atoms with E-state index in [0.29, 0.717) is 18.7 Å². The summed E-state index contributed by atoms with van der Waals surface area (Å²) in [6.45, 7) is 2.47. The van der Waals surface area contributed by atoms with E-state index in [4.69, 9.17) is 28.4 Å². The second-order valence-corrected chi connectivity index (χ2v) is 13.7. The van der Waals surface area contributed by atoms with Gasteiger partial charge < -0.3 is 44.0 Å². The molecule has 236 valence electrons. The predicted octanol–water partition coefficient (Wildman–Crippen LogP) is 0.945. The molecule has 5 aliphatic carbocycles. The first-order valence-electron chi connectivity index (χ1n) is 15.3. The van der Waals surface area contributed by atoms with E-state index in [0.717, 1.165) is 12.8 Å². The number of methoxy groups -OCH3 is 4. The number of hydrogen-bond donors (Lipinski definition) is 3. The quantitative estimate of drug-likeness (QED) is 0.367. The number of benzene rings is 1. The highest BCUT2D eigenvalue weighted by molar-refractivity contribution is 5.89. The van der Waals surface area contributed by atoms with Gasteiger partial charge in [0.15, 0.2) is 5.60 Å². The molecule has 7 bridgehead atoms. The second-order valence-electron chi connectivity index (χ2n) is 13.7. The summed E-state index contributed by atoms with van der Waals surface area (Å²) >= 11 is 0. The Labute approximate surface area is 251 Å². The summed E-state index contributed by atoms with van der Waals surface area (Å²) in [7, 11) is 6.50. The van der Waals surface area contributed by atoms with E-state index in [1.807, 2.05) is 0 Å². The Balaban J connectivity index is 1.49. The van der Waals surface area contributed by atoms with Crippen LogP contribution < -0.4 is 5.32 Å². The molecule has 1 aromatic rings. The van der Waals surface area contributed by atoms with Crippen molar-refractivity contribution in [3.05, 3.63) is 35.9 Å². The van der Waals surface area contributed by atoms with Gasteiger partial charge in [-0.2, -0.15) is 0 Å². The number of esters is 2. The molecule has 1 saturated heterocycles. The van der Waals surface area contributed by atoms with E-state index in [2.05, 4.69) is 5.32 Å². The summed E-state index contributed by atoms with van der Waals surface area (Å²) in [5, 5.41) is 28.8. The zero-order valence-corrected chi connectivity index (χ0v) is 25.4. The van der Waals surface area contributed by atoms with Crippen LogP contribution in [0.15, 0.2) is 30.3 Å². The molecule has 6 aliphatic rings. The maximum atomic E-state index is 13.6. The minimum atomic E-state index is -1.76. The average Bonchev–Trinajstić information content (AvgIpc) is 3.34. The lowest BCUT2D eigenvalue weighted by Gasteiger charge is -2.67. The van der Waals surface area contributed by atoms with Crippen molar-refractivity contribution in [1.29, 1.82) is 0 Å². The first-order valence-corrected chi connectivity index (χ1v) is 15.3. The molecule has 1 aromatic carbocycles. The van der Waals surface area contributed by atoms with Crippen LogP contribution in [0.25, 0.3) is 0 Å². The number of nitrogens with one attached hydrogen (secondary N) is 1. The van der Waals surface area contributed by atoms with Crippen LogP contribution in [0.1, 0.15) is 36.5 Å². The van der Waals surface area contributed by atoms with Crippen molar-refractivity contribution in [1.82, 2.24) is 5.32 Å². The summed E-state index contributed by atoms with van der Waals surface area (Å²) in [5.41, 5.74) is -3.95. The number of rotatable bonds is 8. The molecule has 1 heterocycles. The molecule has 0 unspecified atom stereocenters. The molecule has 1 spiro atoms. The van der Waals surface area contributed by atoms with Crippen LogP contribution >= 0.6 is 0 Å². The van der Waals surface area contributed by atoms with Gasteiger partial charge >= 0.3 is 11.9 Å². The van der Waals surface area contributed by atoms with Gasteiger partial charge in [-0.15, -0.1) is 0 Å². The van der Waals surface area contributed by atoms with Crippen LogP contribution in [-0.4, -0.2) is 112 Å². The molecule has 11 heteroatoms. The van der Waals surface area contributed by atoms with E-state index in [9.17, 15) is 19.8 Å². The molecule has 7 rings (SSSR count). The number of piperidine rings is 1. The van der Waals surface area contributed by atoms with Crippen LogP contribution in [0.3, 0.4) is 0 Å². The lowest BCUT2D eigenvalue weighted by atomic mass is 9.43. The van der Waals surface area contributed by atoms with Crippen LogP contribution in [0.2, 0.25) is 0 Å². The SMILES string of the molecule is COC[C@@]12CC[C@H](OC)[C@@]34[C@@H]5C[C@@]6(O)[C@H](OC(=O)c7ccccc7)[C@@H]5[C@@](OC(C)=O)([C@@H]([C@H](OC)[C@H]13)[C@H]4NC2)[C@@H](O)[C@@H]6OC. The first kappa shape index (κ1) is 29.6. The molecule has 11 nitrogen and oxygen atoms in total. The highest BCUT2D eigenvalue weighted by Crippen LogP contribution is 2.79. The van der Waals surface area contributed by atoms with Crippen LogP contribution in [0, 0.1) is 34.5 Å². The number of hydrogen-bond acceptors (Lipinski definition) is 11. The molecular weight excluding hydrogens is 558 g/mol. The molecule has 1 aliphatic heterocycles. The fourth-order valence-electron chi connectivity index (χ4n) is 11.7. The summed E-state index contributed by atoms with van der Waals surface area (Å²) < 4.78 is 37.2. The van der Waals surface area contributed by atoms with Gasteiger partial charge in [-0.25, -0.2) is 4.79 Å². The van der Waals surface area contributed by atoms with Crippen LogP contribution in [0.4, 0.5) is 0 Å². The van der Waals surface area contributed by atoms with Gasteiger partial charge in [-0.1, -0.05) is 18.2 Å². The Bertz CT molecular complexity index is 1280. The molecule has 0 aromatic heterocycles. The highest BCUT2D eigenvalue weighted by atomic mass is 16.6. The predicted molar refractivity (Wildman–Crippen MR) is 150 cm³/mol.